The molecule has 1 fully saturated rings. The van der Waals surface area contributed by atoms with E-state index in [0.29, 0.717) is 19.3 Å². The highest BCUT2D eigenvalue weighted by atomic mass is 32.1. The van der Waals surface area contributed by atoms with E-state index in [0.717, 1.165) is 24.5 Å². The molecule has 0 saturated carbocycles. The van der Waals surface area contributed by atoms with Gasteiger partial charge in [0.2, 0.25) is 0 Å². The lowest BCUT2D eigenvalue weighted by molar-refractivity contribution is -0.182. The second kappa shape index (κ2) is 6.13. The highest BCUT2D eigenvalue weighted by molar-refractivity contribution is 7.10. The Kier molecular flexibility index (Phi) is 4.51. The smallest absolute Gasteiger partial charge is 0.157 e. The van der Waals surface area contributed by atoms with Gasteiger partial charge in [-0.2, -0.15) is 0 Å². The molecule has 0 atom stereocenters. The Bertz CT molecular complexity index is 315. The molecule has 0 amide bonds. The molecule has 4 heteroatoms. The van der Waals surface area contributed by atoms with Crippen LogP contribution in [0.15, 0.2) is 17.5 Å². The van der Waals surface area contributed by atoms with Gasteiger partial charge in [-0.05, 0) is 17.9 Å². The maximum absolute atomic E-state index is 11.6. The minimum absolute atomic E-state index is 0.166. The van der Waals surface area contributed by atoms with Gasteiger partial charge in [-0.25, -0.2) is 0 Å². The van der Waals surface area contributed by atoms with Crippen LogP contribution in [0, 0.1) is 0 Å². The summed E-state index contributed by atoms with van der Waals surface area (Å²) in [5, 5.41) is 2.00. The van der Waals surface area contributed by atoms with Crippen molar-refractivity contribution in [2.45, 2.75) is 32.0 Å². The van der Waals surface area contributed by atoms with Gasteiger partial charge in [0, 0.05) is 24.1 Å². The highest BCUT2D eigenvalue weighted by Crippen LogP contribution is 2.14. The highest BCUT2D eigenvalue weighted by Gasteiger charge is 2.15. The molecule has 88 valence electrons. The summed E-state index contributed by atoms with van der Waals surface area (Å²) in [6.45, 7) is 1.51. The van der Waals surface area contributed by atoms with Crippen LogP contribution in [0.25, 0.3) is 0 Å². The van der Waals surface area contributed by atoms with Crippen molar-refractivity contribution in [3.8, 4) is 0 Å². The maximum Gasteiger partial charge on any atom is 0.157 e. The lowest BCUT2D eigenvalue weighted by Crippen LogP contribution is -2.25. The molecule has 0 spiro atoms. The van der Waals surface area contributed by atoms with E-state index in [1.165, 1.54) is 0 Å². The van der Waals surface area contributed by atoms with Crippen LogP contribution < -0.4 is 0 Å². The van der Waals surface area contributed by atoms with Gasteiger partial charge < -0.3 is 9.47 Å². The molecule has 2 rings (SSSR count). The van der Waals surface area contributed by atoms with E-state index in [1.807, 2.05) is 17.5 Å². The number of carbonyl (C=O) groups is 1. The number of hydrogen-bond acceptors (Lipinski definition) is 4. The maximum atomic E-state index is 11.6. The van der Waals surface area contributed by atoms with E-state index in [1.54, 1.807) is 11.3 Å². The fourth-order valence-electron chi connectivity index (χ4n) is 1.68. The number of ether oxygens (including phenoxy) is 2. The van der Waals surface area contributed by atoms with E-state index in [2.05, 4.69) is 0 Å². The van der Waals surface area contributed by atoms with Gasteiger partial charge >= 0.3 is 0 Å². The molecule has 1 saturated heterocycles. The molecule has 0 unspecified atom stereocenters. The van der Waals surface area contributed by atoms with Crippen molar-refractivity contribution in [1.82, 2.24) is 0 Å². The van der Waals surface area contributed by atoms with E-state index >= 15 is 0 Å². The Hall–Kier alpha value is -0.710. The van der Waals surface area contributed by atoms with Crippen molar-refractivity contribution >= 4 is 17.1 Å². The molecule has 1 aromatic rings. The van der Waals surface area contributed by atoms with Gasteiger partial charge in [0.05, 0.1) is 13.2 Å². The molecule has 1 aliphatic rings. The van der Waals surface area contributed by atoms with Crippen molar-refractivity contribution in [1.29, 1.82) is 0 Å². The van der Waals surface area contributed by atoms with Crippen molar-refractivity contribution in [2.24, 2.45) is 0 Å². The van der Waals surface area contributed by atoms with Crippen molar-refractivity contribution < 1.29 is 14.3 Å². The molecule has 0 N–H and O–H groups in total. The summed E-state index contributed by atoms with van der Waals surface area (Å²) in [6, 6.07) is 3.97. The molecule has 0 aromatic carbocycles. The largest absolute Gasteiger partial charge is 0.353 e. The number of Topliss-reactive ketones (excluding diaryl/α,β-unsaturated/α-hetero) is 1. The molecule has 0 radical (unpaired) electrons. The second-order valence-corrected chi connectivity index (χ2v) is 4.89. The van der Waals surface area contributed by atoms with Crippen LogP contribution in [0.1, 0.15) is 24.1 Å². The average molecular weight is 240 g/mol. The monoisotopic (exact) mass is 240 g/mol. The van der Waals surface area contributed by atoms with Gasteiger partial charge in [-0.1, -0.05) is 6.07 Å². The summed E-state index contributed by atoms with van der Waals surface area (Å²) in [7, 11) is 0. The lowest BCUT2D eigenvalue weighted by atomic mass is 10.1. The van der Waals surface area contributed by atoms with E-state index in [4.69, 9.17) is 9.47 Å². The molecule has 1 aromatic heterocycles. The first-order valence-corrected chi connectivity index (χ1v) is 6.50. The van der Waals surface area contributed by atoms with E-state index < -0.39 is 0 Å². The Morgan fingerprint density at radius 2 is 2.25 bits per heavy atom. The van der Waals surface area contributed by atoms with Gasteiger partial charge in [-0.15, -0.1) is 11.3 Å². The minimum atomic E-state index is -0.166. The normalized spacial score (nSPS) is 17.5. The molecule has 2 heterocycles. The third kappa shape index (κ3) is 3.70. The number of ketones is 1. The Morgan fingerprint density at radius 1 is 1.44 bits per heavy atom. The quantitative estimate of drug-likeness (QED) is 0.792. The summed E-state index contributed by atoms with van der Waals surface area (Å²) in [5.74, 6) is 0.264. The summed E-state index contributed by atoms with van der Waals surface area (Å²) < 4.78 is 10.8. The van der Waals surface area contributed by atoms with Crippen molar-refractivity contribution in [2.75, 3.05) is 13.2 Å². The summed E-state index contributed by atoms with van der Waals surface area (Å²) in [5.41, 5.74) is 0. The van der Waals surface area contributed by atoms with Gasteiger partial charge in [0.25, 0.3) is 0 Å². The molecule has 1 aliphatic heterocycles. The topological polar surface area (TPSA) is 35.5 Å². The zero-order chi connectivity index (χ0) is 11.2. The average Bonchev–Trinajstić information content (AvgIpc) is 2.81. The zero-order valence-corrected chi connectivity index (χ0v) is 10.0. The third-order valence-corrected chi connectivity index (χ3v) is 3.38. The third-order valence-electron chi connectivity index (χ3n) is 2.51. The molecular formula is C12H16O3S. The number of hydrogen-bond donors (Lipinski definition) is 0. The Morgan fingerprint density at radius 3 is 2.94 bits per heavy atom. The lowest BCUT2D eigenvalue weighted by Gasteiger charge is -2.22. The number of carbonyl (C=O) groups excluding carboxylic acids is 1. The first-order valence-electron chi connectivity index (χ1n) is 5.62. The fourth-order valence-corrected chi connectivity index (χ4v) is 2.41. The predicted molar refractivity (Wildman–Crippen MR) is 62.6 cm³/mol. The Balaban J connectivity index is 1.67. The molecule has 16 heavy (non-hydrogen) atoms. The summed E-state index contributed by atoms with van der Waals surface area (Å²) >= 11 is 1.63. The van der Waals surface area contributed by atoms with Crippen LogP contribution in [0.4, 0.5) is 0 Å². The van der Waals surface area contributed by atoms with Crippen LogP contribution in [0.3, 0.4) is 0 Å². The first-order chi connectivity index (χ1) is 7.84. The molecule has 3 nitrogen and oxygen atoms in total. The van der Waals surface area contributed by atoms with Crippen LogP contribution in [0.2, 0.25) is 0 Å². The predicted octanol–water partition coefficient (Wildman–Crippen LogP) is 2.40. The summed E-state index contributed by atoms with van der Waals surface area (Å²) in [4.78, 5) is 12.8. The zero-order valence-electron chi connectivity index (χ0n) is 9.19. The van der Waals surface area contributed by atoms with Gasteiger partial charge in [0.1, 0.15) is 5.78 Å². The van der Waals surface area contributed by atoms with E-state index in [9.17, 15) is 4.79 Å². The van der Waals surface area contributed by atoms with Gasteiger partial charge in [-0.3, -0.25) is 4.79 Å². The van der Waals surface area contributed by atoms with Crippen LogP contribution in [-0.2, 0) is 20.7 Å². The Labute approximate surface area is 99.4 Å². The summed E-state index contributed by atoms with van der Waals surface area (Å²) in [6.07, 6.45) is 2.57. The van der Waals surface area contributed by atoms with Crippen LogP contribution in [-0.4, -0.2) is 25.3 Å². The van der Waals surface area contributed by atoms with Gasteiger partial charge in [0.15, 0.2) is 6.29 Å². The van der Waals surface area contributed by atoms with Crippen molar-refractivity contribution in [3.63, 3.8) is 0 Å². The number of rotatable bonds is 5. The molecule has 0 bridgehead atoms. The fraction of sp³-hybridized carbons (Fsp3) is 0.583. The standard InChI is InChI=1S/C12H16O3S/c13-10(9-11-3-1-8-16-11)4-5-12-14-6-2-7-15-12/h1,3,8,12H,2,4-7,9H2. The van der Waals surface area contributed by atoms with E-state index in [-0.39, 0.29) is 12.1 Å². The number of thiophene rings is 1. The van der Waals surface area contributed by atoms with Crippen molar-refractivity contribution in [3.05, 3.63) is 22.4 Å². The van der Waals surface area contributed by atoms with Crippen LogP contribution >= 0.6 is 11.3 Å². The molecular weight excluding hydrogens is 224 g/mol. The molecule has 0 aliphatic carbocycles. The first kappa shape index (κ1) is 11.8. The SMILES string of the molecule is O=C(CCC1OCCCO1)Cc1cccs1. The van der Waals surface area contributed by atoms with Crippen LogP contribution in [0.5, 0.6) is 0 Å². The second-order valence-electron chi connectivity index (χ2n) is 3.86. The minimum Gasteiger partial charge on any atom is -0.353 e.